The minimum atomic E-state index is -0.234. The minimum Gasteiger partial charge on any atom is -0.437 e. The Morgan fingerprint density at radius 1 is 1.35 bits per heavy atom. The molecular formula is C15H19N3O2. The van der Waals surface area contributed by atoms with E-state index in [0.717, 1.165) is 12.0 Å². The average molecular weight is 273 g/mol. The van der Waals surface area contributed by atoms with Crippen molar-refractivity contribution in [2.45, 2.75) is 33.1 Å². The van der Waals surface area contributed by atoms with Crippen LogP contribution in [-0.2, 0) is 6.42 Å². The van der Waals surface area contributed by atoms with Crippen molar-refractivity contribution >= 4 is 5.69 Å². The van der Waals surface area contributed by atoms with E-state index < -0.39 is 0 Å². The number of aryl methyl sites for hydroxylation is 1. The van der Waals surface area contributed by atoms with E-state index in [1.807, 2.05) is 26.0 Å². The number of hydrogen-bond acceptors (Lipinski definition) is 4. The average Bonchev–Trinajstić information content (AvgIpc) is 2.40. The van der Waals surface area contributed by atoms with Gasteiger partial charge in [-0.15, -0.1) is 0 Å². The van der Waals surface area contributed by atoms with Gasteiger partial charge in [-0.05, 0) is 24.1 Å². The van der Waals surface area contributed by atoms with Crippen LogP contribution in [0, 0.1) is 0 Å². The highest BCUT2D eigenvalue weighted by Crippen LogP contribution is 2.27. The number of hydrogen-bond donors (Lipinski definition) is 2. The SMILES string of the molecule is CCc1ccc(Oc2cc(=O)[nH]c(C(C)C)n2)c(N)c1. The largest absolute Gasteiger partial charge is 0.437 e. The first-order valence-corrected chi connectivity index (χ1v) is 6.67. The van der Waals surface area contributed by atoms with Crippen LogP contribution < -0.4 is 16.0 Å². The molecule has 0 bridgehead atoms. The van der Waals surface area contributed by atoms with Crippen molar-refractivity contribution in [3.63, 3.8) is 0 Å². The van der Waals surface area contributed by atoms with Gasteiger partial charge in [-0.2, -0.15) is 4.98 Å². The second-order valence-electron chi connectivity index (χ2n) is 4.95. The van der Waals surface area contributed by atoms with Crippen LogP contribution in [0.4, 0.5) is 5.69 Å². The molecule has 2 aromatic rings. The number of nitrogen functional groups attached to an aromatic ring is 1. The highest BCUT2D eigenvalue weighted by molar-refractivity contribution is 5.55. The lowest BCUT2D eigenvalue weighted by atomic mass is 10.1. The zero-order valence-electron chi connectivity index (χ0n) is 11.9. The van der Waals surface area contributed by atoms with Crippen molar-refractivity contribution in [1.29, 1.82) is 0 Å². The standard InChI is InChI=1S/C15H19N3O2/c1-4-10-5-6-12(11(16)7-10)20-14-8-13(19)17-15(18-14)9(2)3/h5-9H,4,16H2,1-3H3,(H,17,18,19). The second-order valence-corrected chi connectivity index (χ2v) is 4.95. The molecule has 0 unspecified atom stereocenters. The number of ether oxygens (including phenoxy) is 1. The molecule has 20 heavy (non-hydrogen) atoms. The van der Waals surface area contributed by atoms with Gasteiger partial charge in [-0.3, -0.25) is 4.79 Å². The maximum atomic E-state index is 11.6. The molecule has 0 fully saturated rings. The summed E-state index contributed by atoms with van der Waals surface area (Å²) in [5.74, 6) is 1.48. The summed E-state index contributed by atoms with van der Waals surface area (Å²) in [7, 11) is 0. The van der Waals surface area contributed by atoms with Crippen LogP contribution in [0.1, 0.15) is 38.1 Å². The first-order chi connectivity index (χ1) is 9.49. The van der Waals surface area contributed by atoms with E-state index in [2.05, 4.69) is 16.9 Å². The predicted octanol–water partition coefficient (Wildman–Crippen LogP) is 2.83. The molecule has 0 saturated carbocycles. The third-order valence-electron chi connectivity index (χ3n) is 2.98. The van der Waals surface area contributed by atoms with Crippen LogP contribution in [0.3, 0.4) is 0 Å². The Balaban J connectivity index is 2.32. The van der Waals surface area contributed by atoms with Crippen LogP contribution in [0.25, 0.3) is 0 Å². The number of nitrogens with two attached hydrogens (primary N) is 1. The Labute approximate surface area is 117 Å². The van der Waals surface area contributed by atoms with Gasteiger partial charge >= 0.3 is 0 Å². The number of nitrogens with zero attached hydrogens (tertiary/aromatic N) is 1. The van der Waals surface area contributed by atoms with Crippen molar-refractivity contribution in [2.24, 2.45) is 0 Å². The summed E-state index contributed by atoms with van der Waals surface area (Å²) in [6.45, 7) is 5.96. The Morgan fingerprint density at radius 3 is 2.70 bits per heavy atom. The number of nitrogens with one attached hydrogen (secondary N) is 1. The van der Waals surface area contributed by atoms with Gasteiger partial charge in [0, 0.05) is 5.92 Å². The normalized spacial score (nSPS) is 10.8. The topological polar surface area (TPSA) is 81.0 Å². The number of rotatable bonds is 4. The summed E-state index contributed by atoms with van der Waals surface area (Å²) >= 11 is 0. The monoisotopic (exact) mass is 273 g/mol. The Kier molecular flexibility index (Phi) is 4.08. The number of aromatic amines is 1. The molecule has 2 rings (SSSR count). The molecule has 1 aromatic carbocycles. The molecule has 0 atom stereocenters. The third kappa shape index (κ3) is 3.17. The van der Waals surface area contributed by atoms with Crippen molar-refractivity contribution in [1.82, 2.24) is 9.97 Å². The van der Waals surface area contributed by atoms with Gasteiger partial charge in [0.1, 0.15) is 5.82 Å². The number of H-pyrrole nitrogens is 1. The quantitative estimate of drug-likeness (QED) is 0.839. The van der Waals surface area contributed by atoms with Crippen molar-refractivity contribution in [3.8, 4) is 11.6 Å². The number of benzene rings is 1. The Bertz CT molecular complexity index is 662. The van der Waals surface area contributed by atoms with Crippen LogP contribution in [0.15, 0.2) is 29.1 Å². The van der Waals surface area contributed by atoms with Gasteiger partial charge in [-0.25, -0.2) is 0 Å². The summed E-state index contributed by atoms with van der Waals surface area (Å²) in [4.78, 5) is 18.6. The van der Waals surface area contributed by atoms with Gasteiger partial charge in [0.2, 0.25) is 5.88 Å². The maximum Gasteiger partial charge on any atom is 0.254 e. The molecule has 1 aromatic heterocycles. The third-order valence-corrected chi connectivity index (χ3v) is 2.98. The second kappa shape index (κ2) is 5.77. The molecule has 0 aliphatic rings. The lowest BCUT2D eigenvalue weighted by Crippen LogP contribution is -2.12. The highest BCUT2D eigenvalue weighted by atomic mass is 16.5. The van der Waals surface area contributed by atoms with E-state index in [4.69, 9.17) is 10.5 Å². The molecule has 0 aliphatic heterocycles. The summed E-state index contributed by atoms with van der Waals surface area (Å²) in [6.07, 6.45) is 0.908. The number of aromatic nitrogens is 2. The lowest BCUT2D eigenvalue weighted by Gasteiger charge is -2.10. The van der Waals surface area contributed by atoms with E-state index in [-0.39, 0.29) is 17.4 Å². The summed E-state index contributed by atoms with van der Waals surface area (Å²) < 4.78 is 5.62. The fourth-order valence-corrected chi connectivity index (χ4v) is 1.80. The summed E-state index contributed by atoms with van der Waals surface area (Å²) in [5, 5.41) is 0. The first-order valence-electron chi connectivity index (χ1n) is 6.67. The van der Waals surface area contributed by atoms with Crippen LogP contribution in [0.2, 0.25) is 0 Å². The molecule has 5 nitrogen and oxygen atoms in total. The van der Waals surface area contributed by atoms with E-state index in [1.165, 1.54) is 6.07 Å². The molecule has 5 heteroatoms. The summed E-state index contributed by atoms with van der Waals surface area (Å²) in [6, 6.07) is 6.93. The Morgan fingerprint density at radius 2 is 2.10 bits per heavy atom. The van der Waals surface area contributed by atoms with E-state index in [1.54, 1.807) is 6.07 Å². The van der Waals surface area contributed by atoms with Gasteiger partial charge in [0.25, 0.3) is 5.56 Å². The van der Waals surface area contributed by atoms with Crippen molar-refractivity contribution < 1.29 is 4.74 Å². The van der Waals surface area contributed by atoms with Crippen LogP contribution >= 0.6 is 0 Å². The zero-order chi connectivity index (χ0) is 14.7. The van der Waals surface area contributed by atoms with E-state index in [0.29, 0.717) is 17.3 Å². The minimum absolute atomic E-state index is 0.117. The van der Waals surface area contributed by atoms with Gasteiger partial charge in [0.05, 0.1) is 11.8 Å². The Hall–Kier alpha value is -2.30. The van der Waals surface area contributed by atoms with Gasteiger partial charge in [0.15, 0.2) is 5.75 Å². The number of anilines is 1. The van der Waals surface area contributed by atoms with Crippen molar-refractivity contribution in [2.75, 3.05) is 5.73 Å². The molecule has 0 amide bonds. The first kappa shape index (κ1) is 14.1. The van der Waals surface area contributed by atoms with Crippen molar-refractivity contribution in [3.05, 3.63) is 46.0 Å². The van der Waals surface area contributed by atoms with Crippen LogP contribution in [-0.4, -0.2) is 9.97 Å². The molecule has 0 saturated heterocycles. The lowest BCUT2D eigenvalue weighted by molar-refractivity contribution is 0.457. The van der Waals surface area contributed by atoms with Gasteiger partial charge in [-0.1, -0.05) is 26.8 Å². The maximum absolute atomic E-state index is 11.6. The van der Waals surface area contributed by atoms with Crippen LogP contribution in [0.5, 0.6) is 11.6 Å². The van der Waals surface area contributed by atoms with E-state index >= 15 is 0 Å². The predicted molar refractivity (Wildman–Crippen MR) is 79.3 cm³/mol. The molecule has 3 N–H and O–H groups in total. The fourth-order valence-electron chi connectivity index (χ4n) is 1.80. The van der Waals surface area contributed by atoms with E-state index in [9.17, 15) is 4.79 Å². The summed E-state index contributed by atoms with van der Waals surface area (Å²) in [5.41, 5.74) is 7.38. The smallest absolute Gasteiger partial charge is 0.254 e. The molecule has 0 spiro atoms. The molecule has 0 aliphatic carbocycles. The molecule has 1 heterocycles. The molecule has 106 valence electrons. The molecular weight excluding hydrogens is 254 g/mol. The fraction of sp³-hybridized carbons (Fsp3) is 0.333. The molecule has 0 radical (unpaired) electrons. The zero-order valence-corrected chi connectivity index (χ0v) is 11.9. The van der Waals surface area contributed by atoms with Gasteiger partial charge < -0.3 is 15.5 Å². The highest BCUT2D eigenvalue weighted by Gasteiger charge is 2.09.